The van der Waals surface area contributed by atoms with Crippen LogP contribution in [0.4, 0.5) is 10.5 Å². The number of hydrogen-bond acceptors (Lipinski definition) is 9. The minimum Gasteiger partial charge on any atom is -0.453 e. The van der Waals surface area contributed by atoms with Crippen LogP contribution in [0.3, 0.4) is 0 Å². The van der Waals surface area contributed by atoms with Crippen LogP contribution >= 0.6 is 23.4 Å². The van der Waals surface area contributed by atoms with E-state index in [2.05, 4.69) is 41.1 Å². The Morgan fingerprint density at radius 1 is 1.04 bits per heavy atom. The smallest absolute Gasteiger partial charge is 0.411 e. The fourth-order valence-electron chi connectivity index (χ4n) is 4.60. The number of halogens is 1. The molecule has 0 bridgehead atoms. The Morgan fingerprint density at radius 3 is 2.56 bits per heavy atom. The molecule has 0 saturated heterocycles. The number of thioether (sulfide) groups is 1. The first-order chi connectivity index (χ1) is 21.9. The molecule has 2 N–H and O–H groups in total. The second-order valence-corrected chi connectivity index (χ2v) is 11.1. The minimum absolute atomic E-state index is 0.326. The number of benzene rings is 3. The van der Waals surface area contributed by atoms with Crippen LogP contribution in [0.15, 0.2) is 91.3 Å². The fourth-order valence-corrected chi connectivity index (χ4v) is 5.27. The third-order valence-corrected chi connectivity index (χ3v) is 7.55. The third-order valence-electron chi connectivity index (χ3n) is 6.75. The molecular weight excluding hydrogens is 612 g/mol. The number of hydrogen-bond donors (Lipinski definition) is 2. The maximum Gasteiger partial charge on any atom is 0.411 e. The highest BCUT2D eigenvalue weighted by molar-refractivity contribution is 7.97. The van der Waals surface area contributed by atoms with Crippen molar-refractivity contribution in [2.75, 3.05) is 18.7 Å². The van der Waals surface area contributed by atoms with E-state index in [1.807, 2.05) is 54.8 Å². The molecule has 11 nitrogen and oxygen atoms in total. The number of nitrogens with zero attached hydrogens (tertiary/aromatic N) is 6. The number of tetrazole rings is 1. The van der Waals surface area contributed by atoms with Crippen molar-refractivity contribution < 1.29 is 14.3 Å². The number of aromatic nitrogens is 6. The topological polar surface area (TPSA) is 137 Å². The van der Waals surface area contributed by atoms with Crippen molar-refractivity contribution in [3.63, 3.8) is 0 Å². The second-order valence-electron chi connectivity index (χ2n) is 9.80. The van der Waals surface area contributed by atoms with Gasteiger partial charge in [-0.3, -0.25) is 10.1 Å². The van der Waals surface area contributed by atoms with Gasteiger partial charge in [0.25, 0.3) is 0 Å². The molecule has 0 spiro atoms. The summed E-state index contributed by atoms with van der Waals surface area (Å²) >= 11 is 7.88. The zero-order valence-electron chi connectivity index (χ0n) is 24.4. The van der Waals surface area contributed by atoms with Gasteiger partial charge < -0.3 is 10.1 Å². The number of amides is 2. The van der Waals surface area contributed by atoms with E-state index >= 15 is 0 Å². The highest BCUT2D eigenvalue weighted by atomic mass is 35.5. The first kappa shape index (κ1) is 31.4. The molecule has 3 aromatic carbocycles. The maximum atomic E-state index is 13.4. The lowest BCUT2D eigenvalue weighted by Crippen LogP contribution is -2.29. The summed E-state index contributed by atoms with van der Waals surface area (Å²) in [6.07, 6.45) is 6.52. The molecule has 13 heteroatoms. The highest BCUT2D eigenvalue weighted by Crippen LogP contribution is 2.29. The van der Waals surface area contributed by atoms with Crippen molar-refractivity contribution in [3.05, 3.63) is 119 Å². The molecule has 0 aliphatic heterocycles. The molecule has 228 valence electrons. The predicted molar refractivity (Wildman–Crippen MR) is 175 cm³/mol. The van der Waals surface area contributed by atoms with Crippen molar-refractivity contribution in [1.82, 2.24) is 35.7 Å². The Morgan fingerprint density at radius 2 is 1.84 bits per heavy atom. The molecule has 0 aliphatic rings. The Hall–Kier alpha value is -5.07. The van der Waals surface area contributed by atoms with Gasteiger partial charge in [-0.2, -0.15) is 26.6 Å². The van der Waals surface area contributed by atoms with Crippen LogP contribution in [0.25, 0.3) is 22.9 Å². The van der Waals surface area contributed by atoms with E-state index in [-0.39, 0.29) is 5.91 Å². The number of nitrogens with one attached hydrogen (secondary N) is 2. The van der Waals surface area contributed by atoms with Gasteiger partial charge >= 0.3 is 6.09 Å². The van der Waals surface area contributed by atoms with Crippen molar-refractivity contribution >= 4 is 47.1 Å². The van der Waals surface area contributed by atoms with E-state index in [9.17, 15) is 9.59 Å². The van der Waals surface area contributed by atoms with Gasteiger partial charge in [-0.15, -0.1) is 5.10 Å². The summed E-state index contributed by atoms with van der Waals surface area (Å²) in [5, 5.41) is 26.8. The third kappa shape index (κ3) is 8.31. The molecule has 0 radical (unpaired) electrons. The molecule has 2 heterocycles. The van der Waals surface area contributed by atoms with Gasteiger partial charge in [0.05, 0.1) is 30.2 Å². The largest absolute Gasteiger partial charge is 0.453 e. The predicted octanol–water partition coefficient (Wildman–Crippen LogP) is 5.93. The van der Waals surface area contributed by atoms with Gasteiger partial charge in [0.15, 0.2) is 0 Å². The lowest BCUT2D eigenvalue weighted by atomic mass is 9.98. The minimum atomic E-state index is -0.547. The van der Waals surface area contributed by atoms with E-state index in [0.29, 0.717) is 39.8 Å². The second kappa shape index (κ2) is 15.1. The average molecular weight is 641 g/mol. The number of rotatable bonds is 11. The van der Waals surface area contributed by atoms with Gasteiger partial charge in [-0.1, -0.05) is 54.1 Å². The number of methoxy groups -OCH3 is 1. The fraction of sp³-hybridized carbons (Fsp3) is 0.156. The molecule has 2 aromatic heterocycles. The van der Waals surface area contributed by atoms with Crippen LogP contribution in [0.2, 0.25) is 5.02 Å². The van der Waals surface area contributed by atoms with Crippen molar-refractivity contribution in [1.29, 1.82) is 0 Å². The molecule has 5 rings (SSSR count). The van der Waals surface area contributed by atoms with Crippen LogP contribution in [-0.2, 0) is 21.7 Å². The van der Waals surface area contributed by atoms with Crippen molar-refractivity contribution in [3.8, 4) is 16.8 Å². The van der Waals surface area contributed by atoms with Gasteiger partial charge in [-0.25, -0.2) is 4.79 Å². The number of anilines is 1. The molecule has 45 heavy (non-hydrogen) atoms. The summed E-state index contributed by atoms with van der Waals surface area (Å²) in [6, 6.07) is 24.0. The lowest BCUT2D eigenvalue weighted by molar-refractivity contribution is -0.117. The SMILES string of the molecule is COC(=O)Nc1ccc(-c2cc([C@H](Cc3ccccc3)NC(=O)C=Cc3cc(Cl)ccc3-n3cnnn3)nnc2CSC)cc1. The first-order valence-electron chi connectivity index (χ1n) is 13.8. The Labute approximate surface area is 269 Å². The maximum absolute atomic E-state index is 13.4. The van der Waals surface area contributed by atoms with E-state index < -0.39 is 12.1 Å². The Kier molecular flexibility index (Phi) is 10.5. The van der Waals surface area contributed by atoms with Crippen molar-refractivity contribution in [2.45, 2.75) is 18.2 Å². The Balaban J connectivity index is 1.45. The van der Waals surface area contributed by atoms with Crippen LogP contribution in [-0.4, -0.2) is 55.8 Å². The van der Waals surface area contributed by atoms with E-state index in [1.54, 1.807) is 48.2 Å². The normalized spacial score (nSPS) is 11.7. The summed E-state index contributed by atoms with van der Waals surface area (Å²) in [4.78, 5) is 25.0. The van der Waals surface area contributed by atoms with Gasteiger partial charge in [0.1, 0.15) is 6.33 Å². The summed E-state index contributed by atoms with van der Waals surface area (Å²) in [5.41, 5.74) is 6.15. The lowest BCUT2D eigenvalue weighted by Gasteiger charge is -2.19. The van der Waals surface area contributed by atoms with E-state index in [4.69, 9.17) is 11.6 Å². The molecule has 5 aromatic rings. The molecule has 0 fully saturated rings. The van der Waals surface area contributed by atoms with Crippen molar-refractivity contribution in [2.24, 2.45) is 0 Å². The molecule has 1 atom stereocenters. The van der Waals surface area contributed by atoms with Gasteiger partial charge in [0, 0.05) is 33.7 Å². The quantitative estimate of drug-likeness (QED) is 0.168. The molecule has 2 amide bonds. The van der Waals surface area contributed by atoms with E-state index in [0.717, 1.165) is 22.4 Å². The van der Waals surface area contributed by atoms with Crippen LogP contribution in [0.5, 0.6) is 0 Å². The van der Waals surface area contributed by atoms with Crippen LogP contribution in [0, 0.1) is 0 Å². The summed E-state index contributed by atoms with van der Waals surface area (Å²) in [5.74, 6) is 0.320. The Bertz CT molecular complexity index is 1780. The molecule has 0 aliphatic carbocycles. The number of ether oxygens (including phenoxy) is 1. The van der Waals surface area contributed by atoms with Gasteiger partial charge in [-0.05, 0) is 76.7 Å². The van der Waals surface area contributed by atoms with Crippen LogP contribution < -0.4 is 10.6 Å². The highest BCUT2D eigenvalue weighted by Gasteiger charge is 2.20. The van der Waals surface area contributed by atoms with Gasteiger partial charge in [0.2, 0.25) is 5.91 Å². The number of carbonyl (C=O) groups excluding carboxylic acids is 2. The molecule has 0 unspecified atom stereocenters. The zero-order chi connectivity index (χ0) is 31.6. The summed E-state index contributed by atoms with van der Waals surface area (Å²) in [6.45, 7) is 0. The molecule has 0 saturated carbocycles. The first-order valence-corrected chi connectivity index (χ1v) is 15.6. The monoisotopic (exact) mass is 640 g/mol. The number of carbonyl (C=O) groups is 2. The van der Waals surface area contributed by atoms with Crippen LogP contribution in [0.1, 0.15) is 28.6 Å². The standard InChI is InChI=1S/C32H29ClN8O3S/c1-44-32(43)35-25-12-8-22(9-13-25)26-18-28(37-38-29(26)19-45-2)27(16-21-6-4-3-5-7-21)36-31(42)15-10-23-17-24(33)11-14-30(23)41-20-34-39-40-41/h3-15,17-18,20,27H,16,19H2,1-2H3,(H,35,43)(H,36,42)/t27-/m0/s1. The summed E-state index contributed by atoms with van der Waals surface area (Å²) < 4.78 is 6.19. The molecular formula is C32H29ClN8O3S. The van der Waals surface area contributed by atoms with E-state index in [1.165, 1.54) is 24.2 Å². The summed E-state index contributed by atoms with van der Waals surface area (Å²) in [7, 11) is 1.31. The zero-order valence-corrected chi connectivity index (χ0v) is 26.0. The average Bonchev–Trinajstić information content (AvgIpc) is 3.60.